The van der Waals surface area contributed by atoms with Crippen molar-refractivity contribution in [1.82, 2.24) is 4.98 Å². The summed E-state index contributed by atoms with van der Waals surface area (Å²) in [5, 5.41) is -0.0259. The van der Waals surface area contributed by atoms with Crippen molar-refractivity contribution in [1.29, 1.82) is 0 Å². The summed E-state index contributed by atoms with van der Waals surface area (Å²) in [5.41, 5.74) is 0.744. The molecule has 0 aliphatic rings. The molecule has 0 aliphatic carbocycles. The summed E-state index contributed by atoms with van der Waals surface area (Å²) in [6.45, 7) is 0. The van der Waals surface area contributed by atoms with Crippen LogP contribution in [0, 0.1) is 5.82 Å². The van der Waals surface area contributed by atoms with E-state index in [4.69, 9.17) is 27.6 Å². The highest BCUT2D eigenvalue weighted by atomic mass is 35.5. The molecule has 0 atom stereocenters. The third kappa shape index (κ3) is 1.15. The summed E-state index contributed by atoms with van der Waals surface area (Å²) >= 11 is 10.9. The Balaban J connectivity index is 2.83. The van der Waals surface area contributed by atoms with Crippen LogP contribution in [0.1, 0.15) is 0 Å². The number of rotatable bonds is 0. The van der Waals surface area contributed by atoms with Gasteiger partial charge in [-0.05, 0) is 11.6 Å². The van der Waals surface area contributed by atoms with Gasteiger partial charge < -0.3 is 4.42 Å². The van der Waals surface area contributed by atoms with Crippen molar-refractivity contribution in [2.45, 2.75) is 0 Å². The number of aromatic nitrogens is 1. The van der Waals surface area contributed by atoms with Gasteiger partial charge in [-0.3, -0.25) is 0 Å². The first-order valence-electron chi connectivity index (χ1n) is 3.08. The number of benzene rings is 1. The lowest BCUT2D eigenvalue weighted by molar-refractivity contribution is 0.602. The molecule has 0 N–H and O–H groups in total. The Morgan fingerprint density at radius 1 is 1.33 bits per heavy atom. The zero-order valence-electron chi connectivity index (χ0n) is 5.64. The van der Waals surface area contributed by atoms with E-state index < -0.39 is 5.82 Å². The van der Waals surface area contributed by atoms with Crippen LogP contribution < -0.4 is 0 Å². The van der Waals surface area contributed by atoms with E-state index in [1.165, 1.54) is 12.1 Å². The second kappa shape index (κ2) is 2.61. The van der Waals surface area contributed by atoms with Crippen LogP contribution in [0.4, 0.5) is 4.39 Å². The minimum absolute atomic E-state index is 0.00434. The number of oxazole rings is 1. The molecule has 5 heteroatoms. The zero-order valence-corrected chi connectivity index (χ0v) is 7.16. The van der Waals surface area contributed by atoms with Crippen molar-refractivity contribution in [2.24, 2.45) is 0 Å². The normalized spacial score (nSPS) is 10.9. The van der Waals surface area contributed by atoms with Crippen molar-refractivity contribution < 1.29 is 8.81 Å². The largest absolute Gasteiger partial charge is 0.428 e. The fourth-order valence-corrected chi connectivity index (χ4v) is 1.22. The van der Waals surface area contributed by atoms with Crippen LogP contribution in [0.25, 0.3) is 11.1 Å². The molecule has 1 aromatic heterocycles. The maximum atomic E-state index is 12.8. The van der Waals surface area contributed by atoms with E-state index in [-0.39, 0.29) is 10.4 Å². The van der Waals surface area contributed by atoms with Gasteiger partial charge in [0.15, 0.2) is 5.58 Å². The Bertz CT molecular complexity index is 401. The van der Waals surface area contributed by atoms with E-state index in [0.29, 0.717) is 11.1 Å². The Labute approximate surface area is 76.9 Å². The predicted octanol–water partition coefficient (Wildman–Crippen LogP) is 3.27. The van der Waals surface area contributed by atoms with Gasteiger partial charge in [-0.1, -0.05) is 11.6 Å². The van der Waals surface area contributed by atoms with Crippen LogP contribution in [0.2, 0.25) is 10.4 Å². The van der Waals surface area contributed by atoms with Crippen LogP contribution in [-0.2, 0) is 0 Å². The highest BCUT2D eigenvalue weighted by Crippen LogP contribution is 2.24. The van der Waals surface area contributed by atoms with Gasteiger partial charge in [0.2, 0.25) is 0 Å². The number of hydrogen-bond donors (Lipinski definition) is 0. The van der Waals surface area contributed by atoms with Crippen LogP contribution in [-0.4, -0.2) is 4.98 Å². The molecule has 62 valence electrons. The van der Waals surface area contributed by atoms with Crippen molar-refractivity contribution in [3.05, 3.63) is 28.3 Å². The maximum Gasteiger partial charge on any atom is 0.293 e. The summed E-state index contributed by atoms with van der Waals surface area (Å²) in [5.74, 6) is -0.533. The number of nitrogens with zero attached hydrogens (tertiary/aromatic N) is 1. The summed E-state index contributed by atoms with van der Waals surface area (Å²) in [6.07, 6.45) is 0. The Morgan fingerprint density at radius 2 is 2.08 bits per heavy atom. The van der Waals surface area contributed by atoms with Crippen molar-refractivity contribution in [2.75, 3.05) is 0 Å². The van der Waals surface area contributed by atoms with Gasteiger partial charge in [0.25, 0.3) is 5.35 Å². The molecule has 2 nitrogen and oxygen atoms in total. The average molecular weight is 206 g/mol. The van der Waals surface area contributed by atoms with Gasteiger partial charge in [-0.15, -0.1) is 0 Å². The summed E-state index contributed by atoms with van der Waals surface area (Å²) in [6, 6.07) is 2.51. The third-order valence-electron chi connectivity index (χ3n) is 1.40. The van der Waals surface area contributed by atoms with Gasteiger partial charge in [0.1, 0.15) is 11.3 Å². The predicted molar refractivity (Wildman–Crippen MR) is 44.0 cm³/mol. The lowest BCUT2D eigenvalue weighted by Gasteiger charge is -1.90. The van der Waals surface area contributed by atoms with E-state index in [2.05, 4.69) is 4.98 Å². The molecular formula is C7H2Cl2FNO. The number of fused-ring (bicyclic) bond motifs is 1. The third-order valence-corrected chi connectivity index (χ3v) is 1.86. The summed E-state index contributed by atoms with van der Waals surface area (Å²) in [7, 11) is 0. The fourth-order valence-electron chi connectivity index (χ4n) is 0.895. The lowest BCUT2D eigenvalue weighted by Crippen LogP contribution is -1.75. The van der Waals surface area contributed by atoms with Gasteiger partial charge in [-0.2, -0.15) is 4.98 Å². The molecule has 0 unspecified atom stereocenters. The molecular weight excluding hydrogens is 204 g/mol. The molecule has 12 heavy (non-hydrogen) atoms. The van der Waals surface area contributed by atoms with Gasteiger partial charge >= 0.3 is 0 Å². The smallest absolute Gasteiger partial charge is 0.293 e. The summed E-state index contributed by atoms with van der Waals surface area (Å²) in [4.78, 5) is 3.72. The van der Waals surface area contributed by atoms with Crippen LogP contribution in [0.3, 0.4) is 0 Å². The number of hydrogen-bond acceptors (Lipinski definition) is 2. The average Bonchev–Trinajstić information content (AvgIpc) is 2.30. The Morgan fingerprint density at radius 3 is 2.83 bits per heavy atom. The molecule has 0 saturated carbocycles. The first-order valence-corrected chi connectivity index (χ1v) is 3.83. The fraction of sp³-hybridized carbons (Fsp3) is 0. The molecule has 2 rings (SSSR count). The number of halogens is 3. The molecule has 0 fully saturated rings. The van der Waals surface area contributed by atoms with Crippen LogP contribution in [0.15, 0.2) is 16.5 Å². The van der Waals surface area contributed by atoms with E-state index in [0.717, 1.165) is 0 Å². The van der Waals surface area contributed by atoms with Gasteiger partial charge in [-0.25, -0.2) is 4.39 Å². The molecule has 1 heterocycles. The Hall–Kier alpha value is -0.800. The van der Waals surface area contributed by atoms with Crippen molar-refractivity contribution in [3.63, 3.8) is 0 Å². The minimum atomic E-state index is -0.533. The highest BCUT2D eigenvalue weighted by molar-refractivity contribution is 6.31. The topological polar surface area (TPSA) is 26.0 Å². The molecule has 1 aromatic carbocycles. The first kappa shape index (κ1) is 7.83. The van der Waals surface area contributed by atoms with Gasteiger partial charge in [0, 0.05) is 12.1 Å². The highest BCUT2D eigenvalue weighted by Gasteiger charge is 2.07. The van der Waals surface area contributed by atoms with Crippen molar-refractivity contribution in [3.8, 4) is 0 Å². The van der Waals surface area contributed by atoms with Crippen molar-refractivity contribution >= 4 is 34.3 Å². The summed E-state index contributed by atoms with van der Waals surface area (Å²) < 4.78 is 17.7. The minimum Gasteiger partial charge on any atom is -0.428 e. The zero-order chi connectivity index (χ0) is 8.72. The Kier molecular flexibility index (Phi) is 1.70. The van der Waals surface area contributed by atoms with Gasteiger partial charge in [0.05, 0.1) is 5.02 Å². The maximum absolute atomic E-state index is 12.8. The molecule has 0 saturated heterocycles. The molecule has 0 aliphatic heterocycles. The lowest BCUT2D eigenvalue weighted by atomic mass is 10.3. The molecule has 2 aromatic rings. The first-order chi connectivity index (χ1) is 5.66. The van der Waals surface area contributed by atoms with Crippen LogP contribution in [0.5, 0.6) is 0 Å². The monoisotopic (exact) mass is 205 g/mol. The molecule has 0 amide bonds. The second-order valence-corrected chi connectivity index (χ2v) is 2.93. The molecule has 0 spiro atoms. The van der Waals surface area contributed by atoms with E-state index in [1.54, 1.807) is 0 Å². The SMILES string of the molecule is Fc1cc2nc(Cl)oc2cc1Cl. The standard InChI is InChI=1S/C7H2Cl2FNO/c8-3-1-6-5(2-4(3)10)11-7(9)12-6/h1-2H. The van der Waals surface area contributed by atoms with E-state index >= 15 is 0 Å². The van der Waals surface area contributed by atoms with E-state index in [1.807, 2.05) is 0 Å². The van der Waals surface area contributed by atoms with Crippen LogP contribution >= 0.6 is 23.2 Å². The quantitative estimate of drug-likeness (QED) is 0.660. The second-order valence-electron chi connectivity index (χ2n) is 2.20. The van der Waals surface area contributed by atoms with E-state index in [9.17, 15) is 4.39 Å². The molecule has 0 radical (unpaired) electrons. The molecule has 0 bridgehead atoms.